The Morgan fingerprint density at radius 1 is 1.17 bits per heavy atom. The zero-order chi connectivity index (χ0) is 16.9. The fourth-order valence-corrected chi connectivity index (χ4v) is 3.31. The Bertz CT molecular complexity index is 909. The van der Waals surface area contributed by atoms with Crippen LogP contribution in [0.15, 0.2) is 64.5 Å². The maximum Gasteiger partial charge on any atom is 0.324 e. The number of benzene rings is 2. The molecule has 24 heavy (non-hydrogen) atoms. The number of fused-ring (bicyclic) bond motifs is 1. The lowest BCUT2D eigenvalue weighted by Crippen LogP contribution is -2.15. The van der Waals surface area contributed by atoms with E-state index in [0.717, 1.165) is 5.56 Å². The predicted molar refractivity (Wildman–Crippen MR) is 94.0 cm³/mol. The van der Waals surface area contributed by atoms with Crippen LogP contribution < -0.4 is 5.56 Å². The zero-order valence-electron chi connectivity index (χ0n) is 13.1. The topological polar surface area (TPSA) is 72.0 Å². The molecule has 1 heterocycles. The molecule has 0 spiro atoms. The van der Waals surface area contributed by atoms with Crippen LogP contribution in [0.1, 0.15) is 17.7 Å². The van der Waals surface area contributed by atoms with E-state index in [1.54, 1.807) is 25.1 Å². The van der Waals surface area contributed by atoms with E-state index in [0.29, 0.717) is 22.7 Å². The number of carbonyl (C=O) groups is 1. The molecule has 3 rings (SSSR count). The molecule has 5 nitrogen and oxygen atoms in total. The van der Waals surface area contributed by atoms with Crippen molar-refractivity contribution in [2.45, 2.75) is 17.3 Å². The summed E-state index contributed by atoms with van der Waals surface area (Å²) >= 11 is 1.18. The summed E-state index contributed by atoms with van der Waals surface area (Å²) in [5, 5.41) is 0.324. The fraction of sp³-hybridized carbons (Fsp3) is 0.167. The first-order valence-corrected chi connectivity index (χ1v) is 8.44. The second kappa shape index (κ2) is 7.31. The Morgan fingerprint density at radius 3 is 2.62 bits per heavy atom. The molecule has 6 heteroatoms. The summed E-state index contributed by atoms with van der Waals surface area (Å²) in [6, 6.07) is 16.4. The van der Waals surface area contributed by atoms with Crippen LogP contribution in [0.5, 0.6) is 0 Å². The molecule has 1 unspecified atom stereocenters. The molecule has 0 radical (unpaired) electrons. The third-order valence-corrected chi connectivity index (χ3v) is 4.54. The van der Waals surface area contributed by atoms with Gasteiger partial charge in [-0.15, -0.1) is 0 Å². The van der Waals surface area contributed by atoms with Gasteiger partial charge in [-0.3, -0.25) is 9.59 Å². The molecule has 3 aromatic rings. The van der Waals surface area contributed by atoms with E-state index in [1.165, 1.54) is 11.8 Å². The smallest absolute Gasteiger partial charge is 0.324 e. The molecule has 0 aliphatic heterocycles. The number of hydrogen-bond acceptors (Lipinski definition) is 5. The van der Waals surface area contributed by atoms with Crippen molar-refractivity contribution in [2.75, 3.05) is 6.61 Å². The number of rotatable bonds is 5. The Morgan fingerprint density at radius 2 is 1.88 bits per heavy atom. The number of esters is 1. The number of hydrogen-bond donors (Lipinski definition) is 1. The monoisotopic (exact) mass is 340 g/mol. The number of ether oxygens (including phenoxy) is 1. The highest BCUT2D eigenvalue weighted by atomic mass is 32.2. The first kappa shape index (κ1) is 16.3. The first-order valence-electron chi connectivity index (χ1n) is 7.56. The lowest BCUT2D eigenvalue weighted by atomic mass is 10.1. The minimum atomic E-state index is -0.588. The summed E-state index contributed by atoms with van der Waals surface area (Å²) in [5.41, 5.74) is 1.18. The van der Waals surface area contributed by atoms with Crippen molar-refractivity contribution in [1.29, 1.82) is 0 Å². The number of thioether (sulfide) groups is 1. The number of H-pyrrole nitrogens is 1. The molecule has 0 aliphatic carbocycles. The molecule has 0 bridgehead atoms. The molecule has 2 aromatic carbocycles. The van der Waals surface area contributed by atoms with E-state index >= 15 is 0 Å². The maximum absolute atomic E-state index is 12.3. The van der Waals surface area contributed by atoms with Crippen molar-refractivity contribution in [3.05, 3.63) is 70.5 Å². The van der Waals surface area contributed by atoms with Crippen molar-refractivity contribution < 1.29 is 9.53 Å². The third-order valence-electron chi connectivity index (χ3n) is 3.42. The van der Waals surface area contributed by atoms with Crippen molar-refractivity contribution in [3.8, 4) is 0 Å². The Labute approximate surface area is 143 Å². The average Bonchev–Trinajstić information content (AvgIpc) is 2.61. The van der Waals surface area contributed by atoms with Crippen LogP contribution in [0.4, 0.5) is 0 Å². The number of carbonyl (C=O) groups excluding carboxylic acids is 1. The highest BCUT2D eigenvalue weighted by molar-refractivity contribution is 8.00. The molecule has 0 amide bonds. The summed E-state index contributed by atoms with van der Waals surface area (Å²) < 4.78 is 5.17. The average molecular weight is 340 g/mol. The molecule has 1 atom stereocenters. The highest BCUT2D eigenvalue weighted by Gasteiger charge is 2.24. The lowest BCUT2D eigenvalue weighted by molar-refractivity contribution is -0.142. The maximum atomic E-state index is 12.3. The zero-order valence-corrected chi connectivity index (χ0v) is 13.9. The minimum Gasteiger partial charge on any atom is -0.465 e. The van der Waals surface area contributed by atoms with Gasteiger partial charge in [0, 0.05) is 0 Å². The second-order valence-corrected chi connectivity index (χ2v) is 6.14. The van der Waals surface area contributed by atoms with Gasteiger partial charge in [0.1, 0.15) is 5.25 Å². The summed E-state index contributed by atoms with van der Waals surface area (Å²) in [7, 11) is 0. The Hall–Kier alpha value is -2.60. The van der Waals surface area contributed by atoms with Crippen molar-refractivity contribution >= 4 is 28.6 Å². The van der Waals surface area contributed by atoms with Gasteiger partial charge in [-0.2, -0.15) is 0 Å². The number of nitrogens with one attached hydrogen (secondary N) is 1. The first-order chi connectivity index (χ1) is 11.7. The van der Waals surface area contributed by atoms with Gasteiger partial charge < -0.3 is 9.72 Å². The molecule has 1 aromatic heterocycles. The number of para-hydroxylation sites is 1. The third kappa shape index (κ3) is 3.49. The van der Waals surface area contributed by atoms with Crippen LogP contribution in [-0.4, -0.2) is 22.5 Å². The molecule has 0 saturated heterocycles. The minimum absolute atomic E-state index is 0.223. The summed E-state index contributed by atoms with van der Waals surface area (Å²) in [5.74, 6) is -0.357. The fourth-order valence-electron chi connectivity index (χ4n) is 2.33. The van der Waals surface area contributed by atoms with E-state index in [-0.39, 0.29) is 11.5 Å². The van der Waals surface area contributed by atoms with Gasteiger partial charge in [0.2, 0.25) is 0 Å². The van der Waals surface area contributed by atoms with Crippen molar-refractivity contribution in [3.63, 3.8) is 0 Å². The summed E-state index contributed by atoms with van der Waals surface area (Å²) in [4.78, 5) is 31.7. The van der Waals surface area contributed by atoms with Gasteiger partial charge in [0.25, 0.3) is 5.56 Å². The van der Waals surface area contributed by atoms with Gasteiger partial charge in [0.05, 0.1) is 17.5 Å². The van der Waals surface area contributed by atoms with Gasteiger partial charge in [-0.05, 0) is 24.6 Å². The van der Waals surface area contributed by atoms with Crippen LogP contribution in [0, 0.1) is 0 Å². The molecular formula is C18H16N2O3S. The molecule has 0 fully saturated rings. The number of nitrogens with zero attached hydrogens (tertiary/aromatic N) is 1. The van der Waals surface area contributed by atoms with E-state index in [1.807, 2.05) is 36.4 Å². The van der Waals surface area contributed by atoms with E-state index in [4.69, 9.17) is 4.74 Å². The standard InChI is InChI=1S/C18H16N2O3S/c1-2-23-17(22)15(12-8-4-3-5-9-12)24-18-19-14-11-7-6-10-13(14)16(21)20-18/h3-11,15H,2H2,1H3,(H,19,20,21). The van der Waals surface area contributed by atoms with Crippen LogP contribution in [-0.2, 0) is 9.53 Å². The highest BCUT2D eigenvalue weighted by Crippen LogP contribution is 2.34. The second-order valence-electron chi connectivity index (χ2n) is 5.05. The summed E-state index contributed by atoms with van der Waals surface area (Å²) in [6.07, 6.45) is 0. The Balaban J connectivity index is 1.98. The molecule has 122 valence electrons. The molecular weight excluding hydrogens is 324 g/mol. The van der Waals surface area contributed by atoms with Crippen LogP contribution in [0.2, 0.25) is 0 Å². The molecule has 0 aliphatic rings. The lowest BCUT2D eigenvalue weighted by Gasteiger charge is -2.15. The molecule has 1 N–H and O–H groups in total. The van der Waals surface area contributed by atoms with Gasteiger partial charge in [-0.1, -0.05) is 54.2 Å². The molecule has 0 saturated carbocycles. The van der Waals surface area contributed by atoms with E-state index in [2.05, 4.69) is 9.97 Å². The van der Waals surface area contributed by atoms with Crippen LogP contribution in [0.25, 0.3) is 10.9 Å². The van der Waals surface area contributed by atoms with Crippen molar-refractivity contribution in [2.24, 2.45) is 0 Å². The van der Waals surface area contributed by atoms with E-state index < -0.39 is 5.25 Å². The summed E-state index contributed by atoms with van der Waals surface area (Å²) in [6.45, 7) is 2.06. The number of aromatic nitrogens is 2. The van der Waals surface area contributed by atoms with E-state index in [9.17, 15) is 9.59 Å². The SMILES string of the molecule is CCOC(=O)C(Sc1nc2ccccc2c(=O)[nH]1)c1ccccc1. The normalized spacial score (nSPS) is 12.0. The predicted octanol–water partition coefficient (Wildman–Crippen LogP) is 3.32. The largest absolute Gasteiger partial charge is 0.465 e. The van der Waals surface area contributed by atoms with Gasteiger partial charge in [0.15, 0.2) is 5.16 Å². The Kier molecular flexibility index (Phi) is 4.96. The van der Waals surface area contributed by atoms with Crippen LogP contribution in [0.3, 0.4) is 0 Å². The quantitative estimate of drug-likeness (QED) is 0.438. The van der Waals surface area contributed by atoms with Gasteiger partial charge >= 0.3 is 5.97 Å². The van der Waals surface area contributed by atoms with Gasteiger partial charge in [-0.25, -0.2) is 4.98 Å². The number of aromatic amines is 1. The van der Waals surface area contributed by atoms with Crippen LogP contribution >= 0.6 is 11.8 Å². The van der Waals surface area contributed by atoms with Crippen molar-refractivity contribution in [1.82, 2.24) is 9.97 Å².